The monoisotopic (exact) mass is 355 g/mol. The second-order valence-electron chi connectivity index (χ2n) is 9.50. The Bertz CT molecular complexity index is 651. The van der Waals surface area contributed by atoms with Crippen molar-refractivity contribution in [3.05, 3.63) is 35.4 Å². The first-order valence-electron chi connectivity index (χ1n) is 10.3. The van der Waals surface area contributed by atoms with E-state index in [0.717, 1.165) is 31.6 Å². The van der Waals surface area contributed by atoms with E-state index >= 15 is 0 Å². The number of nitrogen functional groups attached to an aromatic ring is 1. The van der Waals surface area contributed by atoms with E-state index in [0.29, 0.717) is 5.41 Å². The number of benzene rings is 1. The standard InChI is InChI=1S/C23H37N3/c1-22(2)11-9-18(10-12-22)20-17-19(7-8-21(20)24)23(3,4)25-13-16-26-14-5-6-15-26/h7-9,17,25H,5-6,10-16,24H2,1-4H3. The van der Waals surface area contributed by atoms with Gasteiger partial charge in [-0.15, -0.1) is 0 Å². The summed E-state index contributed by atoms with van der Waals surface area (Å²) >= 11 is 0. The zero-order valence-electron chi connectivity index (χ0n) is 17.2. The van der Waals surface area contributed by atoms with Gasteiger partial charge in [-0.1, -0.05) is 26.0 Å². The van der Waals surface area contributed by atoms with Crippen LogP contribution in [0.1, 0.15) is 70.9 Å². The Balaban J connectivity index is 1.70. The Morgan fingerprint density at radius 1 is 1.19 bits per heavy atom. The number of nitrogens with zero attached hydrogens (tertiary/aromatic N) is 1. The number of allylic oxidation sites excluding steroid dienone is 2. The molecular formula is C23H37N3. The van der Waals surface area contributed by atoms with Crippen molar-refractivity contribution < 1.29 is 0 Å². The molecule has 1 aromatic rings. The molecule has 0 spiro atoms. The van der Waals surface area contributed by atoms with Crippen LogP contribution in [0.15, 0.2) is 24.3 Å². The van der Waals surface area contributed by atoms with Gasteiger partial charge in [0, 0.05) is 29.9 Å². The topological polar surface area (TPSA) is 41.3 Å². The molecule has 1 fully saturated rings. The van der Waals surface area contributed by atoms with Crippen molar-refractivity contribution in [2.24, 2.45) is 5.41 Å². The Morgan fingerprint density at radius 2 is 1.92 bits per heavy atom. The van der Waals surface area contributed by atoms with E-state index in [9.17, 15) is 0 Å². The second kappa shape index (κ2) is 7.74. The van der Waals surface area contributed by atoms with Gasteiger partial charge in [0.25, 0.3) is 0 Å². The lowest BCUT2D eigenvalue weighted by Gasteiger charge is -2.31. The molecule has 3 N–H and O–H groups in total. The number of hydrogen-bond donors (Lipinski definition) is 2. The van der Waals surface area contributed by atoms with E-state index in [2.05, 4.69) is 62.2 Å². The maximum atomic E-state index is 6.35. The fourth-order valence-corrected chi connectivity index (χ4v) is 4.18. The van der Waals surface area contributed by atoms with Crippen molar-refractivity contribution >= 4 is 11.3 Å². The summed E-state index contributed by atoms with van der Waals surface area (Å²) in [6.07, 6.45) is 8.63. The highest BCUT2D eigenvalue weighted by molar-refractivity contribution is 5.76. The average molecular weight is 356 g/mol. The molecule has 0 aromatic heterocycles. The molecule has 0 unspecified atom stereocenters. The molecule has 26 heavy (non-hydrogen) atoms. The van der Waals surface area contributed by atoms with Gasteiger partial charge in [0.05, 0.1) is 0 Å². The van der Waals surface area contributed by atoms with Gasteiger partial charge < -0.3 is 16.0 Å². The van der Waals surface area contributed by atoms with Gasteiger partial charge in [0.2, 0.25) is 0 Å². The van der Waals surface area contributed by atoms with Gasteiger partial charge in [0.1, 0.15) is 0 Å². The highest BCUT2D eigenvalue weighted by Crippen LogP contribution is 2.40. The lowest BCUT2D eigenvalue weighted by molar-refractivity contribution is 0.306. The van der Waals surface area contributed by atoms with Crippen LogP contribution in [-0.4, -0.2) is 31.1 Å². The van der Waals surface area contributed by atoms with Crippen LogP contribution in [0.5, 0.6) is 0 Å². The van der Waals surface area contributed by atoms with E-state index < -0.39 is 0 Å². The summed E-state index contributed by atoms with van der Waals surface area (Å²) in [5.74, 6) is 0. The number of anilines is 1. The normalized spacial score (nSPS) is 21.0. The Labute approximate surface area is 160 Å². The first kappa shape index (κ1) is 19.4. The zero-order valence-corrected chi connectivity index (χ0v) is 17.2. The molecular weight excluding hydrogens is 318 g/mol. The fourth-order valence-electron chi connectivity index (χ4n) is 4.18. The van der Waals surface area contributed by atoms with Gasteiger partial charge in [0.15, 0.2) is 0 Å². The summed E-state index contributed by atoms with van der Waals surface area (Å²) in [6.45, 7) is 14.0. The number of rotatable bonds is 6. The molecule has 0 saturated carbocycles. The summed E-state index contributed by atoms with van der Waals surface area (Å²) in [6, 6.07) is 6.60. The van der Waals surface area contributed by atoms with Gasteiger partial charge in [-0.2, -0.15) is 0 Å². The SMILES string of the molecule is CC1(C)CC=C(c2cc(C(C)(C)NCCN3CCCC3)ccc2N)CC1. The Kier molecular flexibility index (Phi) is 5.78. The third-order valence-corrected chi connectivity index (χ3v) is 6.29. The molecule has 1 aromatic carbocycles. The molecule has 0 atom stereocenters. The van der Waals surface area contributed by atoms with Crippen molar-refractivity contribution in [3.63, 3.8) is 0 Å². The zero-order chi connectivity index (χ0) is 18.8. The number of hydrogen-bond acceptors (Lipinski definition) is 3. The van der Waals surface area contributed by atoms with E-state index in [1.54, 1.807) is 0 Å². The third-order valence-electron chi connectivity index (χ3n) is 6.29. The Morgan fingerprint density at radius 3 is 2.58 bits per heavy atom. The quantitative estimate of drug-likeness (QED) is 0.721. The summed E-state index contributed by atoms with van der Waals surface area (Å²) in [5.41, 5.74) is 11.6. The van der Waals surface area contributed by atoms with E-state index in [1.165, 1.54) is 49.1 Å². The molecule has 0 amide bonds. The van der Waals surface area contributed by atoms with Gasteiger partial charge in [-0.05, 0) is 87.7 Å². The van der Waals surface area contributed by atoms with Crippen molar-refractivity contribution in [1.29, 1.82) is 0 Å². The van der Waals surface area contributed by atoms with Crippen LogP contribution in [0.4, 0.5) is 5.69 Å². The highest BCUT2D eigenvalue weighted by atomic mass is 15.2. The summed E-state index contributed by atoms with van der Waals surface area (Å²) in [4.78, 5) is 2.56. The van der Waals surface area contributed by atoms with E-state index in [4.69, 9.17) is 5.73 Å². The van der Waals surface area contributed by atoms with Crippen molar-refractivity contribution in [3.8, 4) is 0 Å². The molecule has 1 saturated heterocycles. The maximum Gasteiger partial charge on any atom is 0.0390 e. The fraction of sp³-hybridized carbons (Fsp3) is 0.652. The smallest absolute Gasteiger partial charge is 0.0390 e. The van der Waals surface area contributed by atoms with Crippen LogP contribution >= 0.6 is 0 Å². The van der Waals surface area contributed by atoms with E-state index in [-0.39, 0.29) is 5.54 Å². The van der Waals surface area contributed by atoms with Crippen LogP contribution in [-0.2, 0) is 5.54 Å². The third kappa shape index (κ3) is 4.69. The lowest BCUT2D eigenvalue weighted by Crippen LogP contribution is -2.41. The van der Waals surface area contributed by atoms with Crippen LogP contribution in [0.3, 0.4) is 0 Å². The average Bonchev–Trinajstić information content (AvgIpc) is 3.09. The van der Waals surface area contributed by atoms with Crippen LogP contribution in [0.25, 0.3) is 5.57 Å². The molecule has 0 radical (unpaired) electrons. The lowest BCUT2D eigenvalue weighted by atomic mass is 9.76. The molecule has 3 heteroatoms. The van der Waals surface area contributed by atoms with Gasteiger partial charge in [-0.3, -0.25) is 0 Å². The summed E-state index contributed by atoms with van der Waals surface area (Å²) in [5, 5.41) is 3.76. The van der Waals surface area contributed by atoms with Crippen LogP contribution < -0.4 is 11.1 Å². The maximum absolute atomic E-state index is 6.35. The number of likely N-dealkylation sites (tertiary alicyclic amines) is 1. The molecule has 2 aliphatic rings. The molecule has 1 aliphatic heterocycles. The largest absolute Gasteiger partial charge is 0.398 e. The van der Waals surface area contributed by atoms with Crippen molar-refractivity contribution in [2.75, 3.05) is 31.9 Å². The van der Waals surface area contributed by atoms with E-state index in [1.807, 2.05) is 0 Å². The first-order valence-corrected chi connectivity index (χ1v) is 10.3. The predicted molar refractivity (Wildman–Crippen MR) is 113 cm³/mol. The predicted octanol–water partition coefficient (Wildman–Crippen LogP) is 4.78. The Hall–Kier alpha value is -1.32. The molecule has 0 bridgehead atoms. The first-order chi connectivity index (χ1) is 12.3. The molecule has 1 heterocycles. The summed E-state index contributed by atoms with van der Waals surface area (Å²) in [7, 11) is 0. The van der Waals surface area contributed by atoms with Crippen molar-refractivity contribution in [1.82, 2.24) is 10.2 Å². The molecule has 144 valence electrons. The van der Waals surface area contributed by atoms with Gasteiger partial charge >= 0.3 is 0 Å². The van der Waals surface area contributed by atoms with Crippen molar-refractivity contribution in [2.45, 2.75) is 65.3 Å². The number of nitrogens with one attached hydrogen (secondary N) is 1. The molecule has 3 rings (SSSR count). The molecule has 1 aliphatic carbocycles. The van der Waals surface area contributed by atoms with Crippen LogP contribution in [0, 0.1) is 5.41 Å². The summed E-state index contributed by atoms with van der Waals surface area (Å²) < 4.78 is 0. The van der Waals surface area contributed by atoms with Gasteiger partial charge in [-0.25, -0.2) is 0 Å². The minimum atomic E-state index is -0.0450. The molecule has 3 nitrogen and oxygen atoms in total. The number of nitrogens with two attached hydrogens (primary N) is 1. The minimum absolute atomic E-state index is 0.0450. The second-order valence-corrected chi connectivity index (χ2v) is 9.50. The minimum Gasteiger partial charge on any atom is -0.398 e. The highest BCUT2D eigenvalue weighted by Gasteiger charge is 2.25. The van der Waals surface area contributed by atoms with Crippen LogP contribution in [0.2, 0.25) is 0 Å².